The van der Waals surface area contributed by atoms with Crippen LogP contribution < -0.4 is 10.1 Å². The molecule has 1 fully saturated rings. The molecule has 3 heteroatoms. The Balaban J connectivity index is 2.48. The highest BCUT2D eigenvalue weighted by Gasteiger charge is 2.23. The number of hydrogen-bond donors (Lipinski definition) is 1. The van der Waals surface area contributed by atoms with Crippen molar-refractivity contribution >= 4 is 11.6 Å². The average molecular weight is 254 g/mol. The monoisotopic (exact) mass is 253 g/mol. The van der Waals surface area contributed by atoms with Crippen molar-refractivity contribution in [2.75, 3.05) is 20.2 Å². The molecule has 1 aliphatic rings. The van der Waals surface area contributed by atoms with E-state index < -0.39 is 0 Å². The van der Waals surface area contributed by atoms with Crippen molar-refractivity contribution in [2.45, 2.75) is 32.6 Å². The Labute approximate surface area is 108 Å². The summed E-state index contributed by atoms with van der Waals surface area (Å²) in [4.78, 5) is 0. The smallest absolute Gasteiger partial charge is 0.125 e. The summed E-state index contributed by atoms with van der Waals surface area (Å²) in [6.07, 6.45) is 2.33. The fraction of sp³-hybridized carbons (Fsp3) is 0.571. The molecule has 2 rings (SSSR count). The van der Waals surface area contributed by atoms with Crippen LogP contribution in [0.3, 0.4) is 0 Å². The third-order valence-corrected chi connectivity index (χ3v) is 4.05. The van der Waals surface area contributed by atoms with Crippen molar-refractivity contribution in [3.8, 4) is 5.75 Å². The van der Waals surface area contributed by atoms with Gasteiger partial charge in [0.15, 0.2) is 0 Å². The molecule has 0 aromatic heterocycles. The number of aryl methyl sites for hydroxylation is 1. The largest absolute Gasteiger partial charge is 0.496 e. The summed E-state index contributed by atoms with van der Waals surface area (Å²) >= 11 is 6.30. The van der Waals surface area contributed by atoms with E-state index in [9.17, 15) is 0 Å². The topological polar surface area (TPSA) is 21.3 Å². The van der Waals surface area contributed by atoms with Gasteiger partial charge in [-0.1, -0.05) is 11.6 Å². The van der Waals surface area contributed by atoms with Crippen LogP contribution in [0.4, 0.5) is 0 Å². The standard InChI is InChI=1S/C14H20ClNO/c1-9-8-12(15)10(2)13(14(9)17-3)11-4-6-16-7-5-11/h8,11,16H,4-7H2,1-3H3. The molecular weight excluding hydrogens is 234 g/mol. The van der Waals surface area contributed by atoms with Crippen molar-refractivity contribution in [1.29, 1.82) is 0 Å². The first-order valence-corrected chi connectivity index (χ1v) is 6.57. The third-order valence-electron chi connectivity index (χ3n) is 3.66. The fourth-order valence-corrected chi connectivity index (χ4v) is 3.01. The molecule has 1 aromatic rings. The molecule has 0 spiro atoms. The van der Waals surface area contributed by atoms with E-state index in [1.165, 1.54) is 11.1 Å². The molecule has 0 atom stereocenters. The molecule has 94 valence electrons. The first-order valence-electron chi connectivity index (χ1n) is 6.19. The second kappa shape index (κ2) is 5.28. The minimum atomic E-state index is 0.573. The van der Waals surface area contributed by atoms with E-state index in [1.807, 2.05) is 6.07 Å². The second-order valence-electron chi connectivity index (χ2n) is 4.77. The molecule has 1 aromatic carbocycles. The van der Waals surface area contributed by atoms with Gasteiger partial charge in [0.1, 0.15) is 5.75 Å². The summed E-state index contributed by atoms with van der Waals surface area (Å²) in [5.74, 6) is 1.60. The van der Waals surface area contributed by atoms with E-state index in [0.29, 0.717) is 5.92 Å². The normalized spacial score (nSPS) is 17.2. The molecule has 1 aliphatic heterocycles. The molecule has 1 heterocycles. The van der Waals surface area contributed by atoms with Crippen molar-refractivity contribution in [3.05, 3.63) is 27.8 Å². The predicted molar refractivity (Wildman–Crippen MR) is 72.3 cm³/mol. The van der Waals surface area contributed by atoms with E-state index >= 15 is 0 Å². The van der Waals surface area contributed by atoms with Crippen molar-refractivity contribution in [1.82, 2.24) is 5.32 Å². The van der Waals surface area contributed by atoms with Gasteiger partial charge in [0.25, 0.3) is 0 Å². The maximum absolute atomic E-state index is 6.30. The zero-order chi connectivity index (χ0) is 12.4. The lowest BCUT2D eigenvalue weighted by atomic mass is 9.85. The van der Waals surface area contributed by atoms with E-state index in [2.05, 4.69) is 19.2 Å². The number of hydrogen-bond acceptors (Lipinski definition) is 2. The summed E-state index contributed by atoms with van der Waals surface area (Å²) in [6.45, 7) is 6.33. The maximum Gasteiger partial charge on any atom is 0.125 e. The lowest BCUT2D eigenvalue weighted by molar-refractivity contribution is 0.388. The van der Waals surface area contributed by atoms with Crippen LogP contribution >= 0.6 is 11.6 Å². The Hall–Kier alpha value is -0.730. The predicted octanol–water partition coefficient (Wildman–Crippen LogP) is 3.43. The van der Waals surface area contributed by atoms with Crippen LogP contribution in [0.5, 0.6) is 5.75 Å². The second-order valence-corrected chi connectivity index (χ2v) is 5.18. The fourth-order valence-electron chi connectivity index (χ4n) is 2.75. The van der Waals surface area contributed by atoms with E-state index in [-0.39, 0.29) is 0 Å². The summed E-state index contributed by atoms with van der Waals surface area (Å²) in [6, 6.07) is 2.00. The van der Waals surface area contributed by atoms with Crippen molar-refractivity contribution < 1.29 is 4.74 Å². The molecule has 1 saturated heterocycles. The summed E-state index contributed by atoms with van der Waals surface area (Å²) in [5.41, 5.74) is 3.64. The lowest BCUT2D eigenvalue weighted by Crippen LogP contribution is -2.27. The quantitative estimate of drug-likeness (QED) is 0.872. The number of benzene rings is 1. The van der Waals surface area contributed by atoms with Gasteiger partial charge >= 0.3 is 0 Å². The molecule has 2 nitrogen and oxygen atoms in total. The van der Waals surface area contributed by atoms with Gasteiger partial charge in [-0.15, -0.1) is 0 Å². The maximum atomic E-state index is 6.30. The van der Waals surface area contributed by atoms with Gasteiger partial charge in [0.2, 0.25) is 0 Å². The van der Waals surface area contributed by atoms with Crippen LogP contribution in [0.25, 0.3) is 0 Å². The zero-order valence-corrected chi connectivity index (χ0v) is 11.5. The van der Waals surface area contributed by atoms with E-state index in [4.69, 9.17) is 16.3 Å². The SMILES string of the molecule is COc1c(C)cc(Cl)c(C)c1C1CCNCC1. The summed E-state index contributed by atoms with van der Waals surface area (Å²) in [7, 11) is 1.75. The Morgan fingerprint density at radius 1 is 1.29 bits per heavy atom. The minimum absolute atomic E-state index is 0.573. The van der Waals surface area contributed by atoms with Gasteiger partial charge in [-0.2, -0.15) is 0 Å². The van der Waals surface area contributed by atoms with E-state index in [0.717, 1.165) is 42.3 Å². The molecule has 0 bridgehead atoms. The zero-order valence-electron chi connectivity index (χ0n) is 10.8. The molecule has 0 saturated carbocycles. The van der Waals surface area contributed by atoms with Gasteiger partial charge in [0, 0.05) is 10.6 Å². The number of piperidine rings is 1. The number of ether oxygens (including phenoxy) is 1. The number of halogens is 1. The number of nitrogens with one attached hydrogen (secondary N) is 1. The van der Waals surface area contributed by atoms with Gasteiger partial charge in [0.05, 0.1) is 7.11 Å². The van der Waals surface area contributed by atoms with Gasteiger partial charge in [-0.25, -0.2) is 0 Å². The van der Waals surface area contributed by atoms with Crippen LogP contribution in [-0.2, 0) is 0 Å². The first-order chi connectivity index (χ1) is 8.15. The number of rotatable bonds is 2. The van der Waals surface area contributed by atoms with Gasteiger partial charge < -0.3 is 10.1 Å². The number of methoxy groups -OCH3 is 1. The Bertz CT molecular complexity index is 411. The highest BCUT2D eigenvalue weighted by atomic mass is 35.5. The Kier molecular flexibility index (Phi) is 3.95. The van der Waals surface area contributed by atoms with Crippen LogP contribution in [0.1, 0.15) is 35.4 Å². The molecule has 0 unspecified atom stereocenters. The van der Waals surface area contributed by atoms with Gasteiger partial charge in [-0.05, 0) is 62.9 Å². The van der Waals surface area contributed by atoms with Crippen molar-refractivity contribution in [2.24, 2.45) is 0 Å². The van der Waals surface area contributed by atoms with Crippen molar-refractivity contribution in [3.63, 3.8) is 0 Å². The Morgan fingerprint density at radius 3 is 2.53 bits per heavy atom. The van der Waals surface area contributed by atoms with Crippen LogP contribution in [0.2, 0.25) is 5.02 Å². The molecule has 17 heavy (non-hydrogen) atoms. The summed E-state index contributed by atoms with van der Waals surface area (Å²) in [5, 5.41) is 4.26. The molecule has 1 N–H and O–H groups in total. The van der Waals surface area contributed by atoms with E-state index in [1.54, 1.807) is 7.11 Å². The van der Waals surface area contributed by atoms with Crippen LogP contribution in [-0.4, -0.2) is 20.2 Å². The molecular formula is C14H20ClNO. The van der Waals surface area contributed by atoms with Crippen LogP contribution in [0.15, 0.2) is 6.07 Å². The Morgan fingerprint density at radius 2 is 1.94 bits per heavy atom. The summed E-state index contributed by atoms with van der Waals surface area (Å²) < 4.78 is 5.59. The minimum Gasteiger partial charge on any atom is -0.496 e. The van der Waals surface area contributed by atoms with Gasteiger partial charge in [-0.3, -0.25) is 0 Å². The molecule has 0 radical (unpaired) electrons. The lowest BCUT2D eigenvalue weighted by Gasteiger charge is -2.27. The average Bonchev–Trinajstić information content (AvgIpc) is 2.34. The highest BCUT2D eigenvalue weighted by Crippen LogP contribution is 2.40. The highest BCUT2D eigenvalue weighted by molar-refractivity contribution is 6.31. The third kappa shape index (κ3) is 2.43. The molecule has 0 aliphatic carbocycles. The first kappa shape index (κ1) is 12.7. The van der Waals surface area contributed by atoms with Crippen LogP contribution in [0, 0.1) is 13.8 Å². The molecule has 0 amide bonds.